The number of carbonyl (C=O) groups excluding carboxylic acids is 1. The Balaban J connectivity index is 2.78. The number of aldehydes is 1. The van der Waals surface area contributed by atoms with Gasteiger partial charge >= 0.3 is 0 Å². The van der Waals surface area contributed by atoms with Crippen LogP contribution in [-0.2, 0) is 6.42 Å². The average Bonchev–Trinajstić information content (AvgIpc) is 2.62. The number of fused-ring (bicyclic) bond motifs is 1. The number of carbonyl (C=O) groups is 1. The molecule has 0 radical (unpaired) electrons. The lowest BCUT2D eigenvalue weighted by Gasteiger charge is -1.93. The van der Waals surface area contributed by atoms with Crippen molar-refractivity contribution in [2.45, 2.75) is 13.3 Å². The zero-order valence-corrected chi connectivity index (χ0v) is 7.47. The van der Waals surface area contributed by atoms with Gasteiger partial charge in [-0.3, -0.25) is 9.20 Å². The minimum Gasteiger partial charge on any atom is -0.296 e. The molecule has 0 saturated carbocycles. The van der Waals surface area contributed by atoms with Gasteiger partial charge in [-0.1, -0.05) is 6.92 Å². The first-order chi connectivity index (χ1) is 5.86. The lowest BCUT2D eigenvalue weighted by atomic mass is 10.4. The van der Waals surface area contributed by atoms with E-state index in [1.54, 1.807) is 17.5 Å². The van der Waals surface area contributed by atoms with Crippen molar-refractivity contribution >= 4 is 22.6 Å². The Morgan fingerprint density at radius 1 is 1.75 bits per heavy atom. The van der Waals surface area contributed by atoms with E-state index >= 15 is 0 Å². The van der Waals surface area contributed by atoms with Crippen LogP contribution in [0.3, 0.4) is 0 Å². The molecule has 0 spiro atoms. The fraction of sp³-hybridized carbons (Fsp3) is 0.250. The second-order valence-electron chi connectivity index (χ2n) is 2.50. The molecule has 0 N–H and O–H groups in total. The number of hydrogen-bond acceptors (Lipinski definition) is 3. The van der Waals surface area contributed by atoms with E-state index in [2.05, 4.69) is 11.9 Å². The molecule has 0 amide bonds. The first-order valence-electron chi connectivity index (χ1n) is 3.75. The van der Waals surface area contributed by atoms with Crippen LogP contribution in [0.25, 0.3) is 4.96 Å². The molecule has 0 bridgehead atoms. The van der Waals surface area contributed by atoms with Gasteiger partial charge in [0.05, 0.1) is 6.20 Å². The molecule has 2 rings (SSSR count). The summed E-state index contributed by atoms with van der Waals surface area (Å²) in [6.07, 6.45) is 3.38. The first kappa shape index (κ1) is 7.49. The van der Waals surface area contributed by atoms with Crippen LogP contribution < -0.4 is 0 Å². The van der Waals surface area contributed by atoms with Crippen molar-refractivity contribution < 1.29 is 4.79 Å². The third-order valence-electron chi connectivity index (χ3n) is 1.83. The van der Waals surface area contributed by atoms with Gasteiger partial charge in [0, 0.05) is 11.1 Å². The number of rotatable bonds is 2. The number of aromatic nitrogens is 2. The van der Waals surface area contributed by atoms with Crippen LogP contribution in [0.5, 0.6) is 0 Å². The Labute approximate surface area is 73.7 Å². The minimum absolute atomic E-state index is 0.642. The van der Waals surface area contributed by atoms with Gasteiger partial charge in [-0.2, -0.15) is 0 Å². The van der Waals surface area contributed by atoms with Crippen LogP contribution in [0, 0.1) is 0 Å². The molecule has 0 fully saturated rings. The van der Waals surface area contributed by atoms with Crippen LogP contribution >= 0.6 is 11.3 Å². The standard InChI is InChI=1S/C8H8N2OS/c1-2-6-5-12-8-9-3-7(4-11)10(6)8/h3-5H,2H2,1H3. The lowest BCUT2D eigenvalue weighted by molar-refractivity contribution is 0.111. The molecule has 62 valence electrons. The molecule has 0 aromatic carbocycles. The van der Waals surface area contributed by atoms with E-state index in [1.807, 2.05) is 9.78 Å². The molecular formula is C8H8N2OS. The summed E-state index contributed by atoms with van der Waals surface area (Å²) in [7, 11) is 0. The maximum absolute atomic E-state index is 10.6. The van der Waals surface area contributed by atoms with E-state index in [0.29, 0.717) is 5.69 Å². The van der Waals surface area contributed by atoms with E-state index in [0.717, 1.165) is 23.4 Å². The molecule has 2 aromatic rings. The fourth-order valence-corrected chi connectivity index (χ4v) is 2.17. The Morgan fingerprint density at radius 3 is 3.25 bits per heavy atom. The van der Waals surface area contributed by atoms with Gasteiger partial charge in [-0.05, 0) is 6.42 Å². The van der Waals surface area contributed by atoms with Gasteiger partial charge < -0.3 is 0 Å². The summed E-state index contributed by atoms with van der Waals surface area (Å²) < 4.78 is 1.90. The Kier molecular flexibility index (Phi) is 1.69. The number of imidazole rings is 1. The molecular weight excluding hydrogens is 172 g/mol. The predicted molar refractivity (Wildman–Crippen MR) is 47.8 cm³/mol. The summed E-state index contributed by atoms with van der Waals surface area (Å²) in [6, 6.07) is 0. The van der Waals surface area contributed by atoms with Gasteiger partial charge in [0.25, 0.3) is 0 Å². The molecule has 0 atom stereocenters. The molecule has 4 heteroatoms. The van der Waals surface area contributed by atoms with E-state index in [-0.39, 0.29) is 0 Å². The number of nitrogens with zero attached hydrogens (tertiary/aromatic N) is 2. The van der Waals surface area contributed by atoms with Crippen molar-refractivity contribution in [2.75, 3.05) is 0 Å². The highest BCUT2D eigenvalue weighted by atomic mass is 32.1. The average molecular weight is 180 g/mol. The van der Waals surface area contributed by atoms with Crippen LogP contribution in [0.15, 0.2) is 11.6 Å². The molecule has 12 heavy (non-hydrogen) atoms. The van der Waals surface area contributed by atoms with E-state index < -0.39 is 0 Å². The fourth-order valence-electron chi connectivity index (χ4n) is 1.22. The second kappa shape index (κ2) is 2.71. The van der Waals surface area contributed by atoms with Crippen molar-refractivity contribution in [1.82, 2.24) is 9.38 Å². The highest BCUT2D eigenvalue weighted by Crippen LogP contribution is 2.17. The van der Waals surface area contributed by atoms with Crippen LogP contribution in [0.1, 0.15) is 23.1 Å². The normalized spacial score (nSPS) is 10.8. The lowest BCUT2D eigenvalue weighted by Crippen LogP contribution is -1.93. The Bertz CT molecular complexity index is 416. The quantitative estimate of drug-likeness (QED) is 0.660. The number of hydrogen-bond donors (Lipinski definition) is 0. The highest BCUT2D eigenvalue weighted by molar-refractivity contribution is 7.15. The molecule has 2 heterocycles. The molecule has 0 unspecified atom stereocenters. The van der Waals surface area contributed by atoms with E-state index in [9.17, 15) is 4.79 Å². The molecule has 2 aromatic heterocycles. The summed E-state index contributed by atoms with van der Waals surface area (Å²) in [5.41, 5.74) is 1.79. The predicted octanol–water partition coefficient (Wildman–Crippen LogP) is 1.77. The van der Waals surface area contributed by atoms with E-state index in [1.165, 1.54) is 0 Å². The summed E-state index contributed by atoms with van der Waals surface area (Å²) >= 11 is 1.57. The zero-order valence-electron chi connectivity index (χ0n) is 6.65. The number of thiazole rings is 1. The molecule has 0 saturated heterocycles. The Hall–Kier alpha value is -1.16. The third-order valence-corrected chi connectivity index (χ3v) is 2.72. The maximum atomic E-state index is 10.6. The summed E-state index contributed by atoms with van der Waals surface area (Å²) in [4.78, 5) is 15.6. The summed E-state index contributed by atoms with van der Waals surface area (Å²) in [5.74, 6) is 0. The smallest absolute Gasteiger partial charge is 0.194 e. The first-order valence-corrected chi connectivity index (χ1v) is 4.63. The summed E-state index contributed by atoms with van der Waals surface area (Å²) in [6.45, 7) is 2.07. The van der Waals surface area contributed by atoms with Crippen molar-refractivity contribution in [3.05, 3.63) is 23.0 Å². The topological polar surface area (TPSA) is 34.4 Å². The molecule has 3 nitrogen and oxygen atoms in total. The maximum Gasteiger partial charge on any atom is 0.194 e. The monoisotopic (exact) mass is 180 g/mol. The van der Waals surface area contributed by atoms with Crippen LogP contribution in [0.4, 0.5) is 0 Å². The van der Waals surface area contributed by atoms with Crippen LogP contribution in [-0.4, -0.2) is 15.7 Å². The van der Waals surface area contributed by atoms with Crippen molar-refractivity contribution in [2.24, 2.45) is 0 Å². The van der Waals surface area contributed by atoms with Crippen molar-refractivity contribution in [3.63, 3.8) is 0 Å². The second-order valence-corrected chi connectivity index (χ2v) is 3.34. The minimum atomic E-state index is 0.642. The largest absolute Gasteiger partial charge is 0.296 e. The molecule has 0 aliphatic rings. The van der Waals surface area contributed by atoms with Gasteiger partial charge in [-0.15, -0.1) is 11.3 Å². The Morgan fingerprint density at radius 2 is 2.58 bits per heavy atom. The van der Waals surface area contributed by atoms with Gasteiger partial charge in [0.1, 0.15) is 5.69 Å². The van der Waals surface area contributed by atoms with Crippen molar-refractivity contribution in [3.8, 4) is 0 Å². The summed E-state index contributed by atoms with van der Waals surface area (Å²) in [5, 5.41) is 2.04. The van der Waals surface area contributed by atoms with Gasteiger partial charge in [-0.25, -0.2) is 4.98 Å². The number of aryl methyl sites for hydroxylation is 1. The molecule has 0 aliphatic heterocycles. The SMILES string of the molecule is CCc1csc2ncc(C=O)n12. The van der Waals surface area contributed by atoms with Gasteiger partial charge in [0.2, 0.25) is 0 Å². The van der Waals surface area contributed by atoms with Gasteiger partial charge in [0.15, 0.2) is 11.2 Å². The van der Waals surface area contributed by atoms with E-state index in [4.69, 9.17) is 0 Å². The highest BCUT2D eigenvalue weighted by Gasteiger charge is 2.06. The third kappa shape index (κ3) is 0.881. The van der Waals surface area contributed by atoms with Crippen molar-refractivity contribution in [1.29, 1.82) is 0 Å². The zero-order chi connectivity index (χ0) is 8.55. The molecule has 0 aliphatic carbocycles. The van der Waals surface area contributed by atoms with Crippen LogP contribution in [0.2, 0.25) is 0 Å².